The number of hydrogen-bond acceptors (Lipinski definition) is 5. The van der Waals surface area contributed by atoms with E-state index in [-0.39, 0.29) is 0 Å². The number of nitriles is 1. The minimum atomic E-state index is -0.939. The predicted molar refractivity (Wildman–Crippen MR) is 77.1 cm³/mol. The van der Waals surface area contributed by atoms with E-state index < -0.39 is 5.97 Å². The van der Waals surface area contributed by atoms with Crippen molar-refractivity contribution in [3.63, 3.8) is 0 Å². The minimum absolute atomic E-state index is 0.297. The van der Waals surface area contributed by atoms with Crippen LogP contribution in [0.3, 0.4) is 0 Å². The molecule has 0 aliphatic rings. The molecule has 0 radical (unpaired) electrons. The quantitative estimate of drug-likeness (QED) is 0.898. The summed E-state index contributed by atoms with van der Waals surface area (Å²) in [7, 11) is 1.80. The maximum atomic E-state index is 11.2. The molecule has 0 unspecified atom stereocenters. The van der Waals surface area contributed by atoms with Crippen molar-refractivity contribution in [2.24, 2.45) is 0 Å². The van der Waals surface area contributed by atoms with Gasteiger partial charge in [-0.15, -0.1) is 5.10 Å². The molecule has 2 aromatic rings. The molecule has 0 aliphatic carbocycles. The highest BCUT2D eigenvalue weighted by molar-refractivity contribution is 5.89. The van der Waals surface area contributed by atoms with Crippen molar-refractivity contribution >= 4 is 11.8 Å². The van der Waals surface area contributed by atoms with Gasteiger partial charge in [0.2, 0.25) is 0 Å². The maximum absolute atomic E-state index is 11.2. The van der Waals surface area contributed by atoms with Crippen LogP contribution < -0.4 is 4.90 Å². The zero-order valence-electron chi connectivity index (χ0n) is 11.5. The van der Waals surface area contributed by atoms with Crippen LogP contribution in [0.4, 0.5) is 5.82 Å². The van der Waals surface area contributed by atoms with Gasteiger partial charge in [-0.25, -0.2) is 4.79 Å². The molecule has 0 saturated carbocycles. The summed E-state index contributed by atoms with van der Waals surface area (Å²) in [5.74, 6) is -0.446. The van der Waals surface area contributed by atoms with E-state index in [1.54, 1.807) is 36.2 Å². The normalized spacial score (nSPS) is 9.90. The number of carbonyl (C=O) groups is 1. The fraction of sp³-hybridized carbons (Fsp3) is 0.200. The standard InChI is InChI=1S/C15H14N4O2/c1-19(14-12(10-16)6-8-17-18-14)9-7-11-4-2-3-5-13(11)15(20)21/h2-6,8H,7,9H2,1H3,(H,20,21). The van der Waals surface area contributed by atoms with Gasteiger partial charge in [-0.2, -0.15) is 10.4 Å². The van der Waals surface area contributed by atoms with Gasteiger partial charge >= 0.3 is 5.97 Å². The number of rotatable bonds is 5. The van der Waals surface area contributed by atoms with E-state index in [0.717, 1.165) is 5.56 Å². The van der Waals surface area contributed by atoms with E-state index in [9.17, 15) is 4.79 Å². The summed E-state index contributed by atoms with van der Waals surface area (Å²) in [6.45, 7) is 0.539. The Bertz CT molecular complexity index is 694. The molecule has 0 aliphatic heterocycles. The third-order valence-electron chi connectivity index (χ3n) is 3.15. The molecule has 0 amide bonds. The van der Waals surface area contributed by atoms with Crippen LogP contribution in [0.5, 0.6) is 0 Å². The summed E-state index contributed by atoms with van der Waals surface area (Å²) < 4.78 is 0. The maximum Gasteiger partial charge on any atom is 0.335 e. The van der Waals surface area contributed by atoms with Gasteiger partial charge < -0.3 is 10.0 Å². The molecular weight excluding hydrogens is 268 g/mol. The second-order valence-electron chi connectivity index (χ2n) is 4.51. The molecule has 6 nitrogen and oxygen atoms in total. The first kappa shape index (κ1) is 14.5. The van der Waals surface area contributed by atoms with Gasteiger partial charge in [-0.05, 0) is 24.1 Å². The van der Waals surface area contributed by atoms with Gasteiger partial charge in [0.1, 0.15) is 6.07 Å². The lowest BCUT2D eigenvalue weighted by Crippen LogP contribution is -2.23. The number of likely N-dealkylation sites (N-methyl/N-ethyl adjacent to an activating group) is 1. The van der Waals surface area contributed by atoms with Crippen molar-refractivity contribution in [1.29, 1.82) is 5.26 Å². The van der Waals surface area contributed by atoms with Gasteiger partial charge in [0.25, 0.3) is 0 Å². The monoisotopic (exact) mass is 282 g/mol. The molecule has 1 aromatic heterocycles. The van der Waals surface area contributed by atoms with Gasteiger partial charge in [-0.1, -0.05) is 18.2 Å². The molecule has 1 aromatic carbocycles. The van der Waals surface area contributed by atoms with Gasteiger partial charge in [0.15, 0.2) is 5.82 Å². The molecule has 2 rings (SSSR count). The number of anilines is 1. The third-order valence-corrected chi connectivity index (χ3v) is 3.15. The summed E-state index contributed by atoms with van der Waals surface area (Å²) in [5, 5.41) is 25.9. The number of carboxylic acid groups (broad SMARTS) is 1. The second-order valence-corrected chi connectivity index (χ2v) is 4.51. The smallest absolute Gasteiger partial charge is 0.335 e. The first-order valence-corrected chi connectivity index (χ1v) is 6.37. The Morgan fingerprint density at radius 2 is 2.14 bits per heavy atom. The average Bonchev–Trinajstić information content (AvgIpc) is 2.52. The van der Waals surface area contributed by atoms with E-state index in [0.29, 0.717) is 29.9 Å². The van der Waals surface area contributed by atoms with Crippen molar-refractivity contribution in [1.82, 2.24) is 10.2 Å². The minimum Gasteiger partial charge on any atom is -0.478 e. The van der Waals surface area contributed by atoms with Crippen LogP contribution >= 0.6 is 0 Å². The molecule has 1 N–H and O–H groups in total. The van der Waals surface area contributed by atoms with Crippen LogP contribution in [0.1, 0.15) is 21.5 Å². The lowest BCUT2D eigenvalue weighted by atomic mass is 10.0. The fourth-order valence-corrected chi connectivity index (χ4v) is 2.03. The Morgan fingerprint density at radius 3 is 2.86 bits per heavy atom. The number of benzene rings is 1. The Hall–Kier alpha value is -2.94. The number of nitrogens with zero attached hydrogens (tertiary/aromatic N) is 4. The topological polar surface area (TPSA) is 90.1 Å². The SMILES string of the molecule is CN(CCc1ccccc1C(=O)O)c1nnccc1C#N. The van der Waals surface area contributed by atoms with Crippen LogP contribution in [0, 0.1) is 11.3 Å². The van der Waals surface area contributed by atoms with E-state index >= 15 is 0 Å². The van der Waals surface area contributed by atoms with Crippen molar-refractivity contribution in [2.45, 2.75) is 6.42 Å². The van der Waals surface area contributed by atoms with E-state index in [1.807, 2.05) is 6.07 Å². The molecule has 6 heteroatoms. The second kappa shape index (κ2) is 6.48. The Morgan fingerprint density at radius 1 is 1.38 bits per heavy atom. The molecular formula is C15H14N4O2. The van der Waals surface area contributed by atoms with Crippen molar-refractivity contribution < 1.29 is 9.90 Å². The van der Waals surface area contributed by atoms with Crippen molar-refractivity contribution in [3.05, 3.63) is 53.2 Å². The number of aromatic nitrogens is 2. The zero-order chi connectivity index (χ0) is 15.2. The highest BCUT2D eigenvalue weighted by Crippen LogP contribution is 2.15. The summed E-state index contributed by atoms with van der Waals surface area (Å²) in [5.41, 5.74) is 1.49. The molecule has 0 bridgehead atoms. The average molecular weight is 282 g/mol. The summed E-state index contributed by atoms with van der Waals surface area (Å²) >= 11 is 0. The Labute approximate surface area is 122 Å². The van der Waals surface area contributed by atoms with Crippen LogP contribution in [-0.4, -0.2) is 34.9 Å². The predicted octanol–water partition coefficient (Wildman–Crippen LogP) is 1.73. The number of carboxylic acids is 1. The number of hydrogen-bond donors (Lipinski definition) is 1. The summed E-state index contributed by atoms with van der Waals surface area (Å²) in [4.78, 5) is 13.0. The molecule has 21 heavy (non-hydrogen) atoms. The lowest BCUT2D eigenvalue weighted by molar-refractivity contribution is 0.0695. The molecule has 0 spiro atoms. The highest BCUT2D eigenvalue weighted by atomic mass is 16.4. The van der Waals surface area contributed by atoms with Gasteiger partial charge in [0.05, 0.1) is 17.3 Å². The Kier molecular flexibility index (Phi) is 4.46. The van der Waals surface area contributed by atoms with Crippen molar-refractivity contribution in [3.8, 4) is 6.07 Å². The largest absolute Gasteiger partial charge is 0.478 e. The fourth-order valence-electron chi connectivity index (χ4n) is 2.03. The number of aromatic carboxylic acids is 1. The van der Waals surface area contributed by atoms with Crippen LogP contribution in [-0.2, 0) is 6.42 Å². The molecule has 1 heterocycles. The molecule has 0 saturated heterocycles. The van der Waals surface area contributed by atoms with Crippen LogP contribution in [0.15, 0.2) is 36.5 Å². The van der Waals surface area contributed by atoms with E-state index in [4.69, 9.17) is 10.4 Å². The summed E-state index contributed by atoms with van der Waals surface area (Å²) in [6, 6.07) is 10.6. The molecule has 0 fully saturated rings. The highest BCUT2D eigenvalue weighted by Gasteiger charge is 2.12. The van der Waals surface area contributed by atoms with Crippen LogP contribution in [0.25, 0.3) is 0 Å². The molecule has 106 valence electrons. The lowest BCUT2D eigenvalue weighted by Gasteiger charge is -2.18. The zero-order valence-corrected chi connectivity index (χ0v) is 11.5. The molecule has 0 atom stereocenters. The van der Waals surface area contributed by atoms with E-state index in [2.05, 4.69) is 16.3 Å². The van der Waals surface area contributed by atoms with Gasteiger partial charge in [0, 0.05) is 13.6 Å². The van der Waals surface area contributed by atoms with Crippen molar-refractivity contribution in [2.75, 3.05) is 18.5 Å². The third kappa shape index (κ3) is 3.34. The summed E-state index contributed by atoms with van der Waals surface area (Å²) in [6.07, 6.45) is 2.01. The van der Waals surface area contributed by atoms with E-state index in [1.165, 1.54) is 6.20 Å². The van der Waals surface area contributed by atoms with Gasteiger partial charge in [-0.3, -0.25) is 0 Å². The first-order chi connectivity index (χ1) is 10.1. The van der Waals surface area contributed by atoms with Crippen LogP contribution in [0.2, 0.25) is 0 Å². The Balaban J connectivity index is 2.14. The first-order valence-electron chi connectivity index (χ1n) is 6.37.